The summed E-state index contributed by atoms with van der Waals surface area (Å²) in [6, 6.07) is 11.2. The number of carbonyl (C=O) groups is 1. The first-order valence-corrected chi connectivity index (χ1v) is 10.1. The molecular weight excluding hydrogens is 407 g/mol. The zero-order valence-corrected chi connectivity index (χ0v) is 17.9. The number of dihydropyridines is 1. The number of nitriles is 1. The lowest BCUT2D eigenvalue weighted by Gasteiger charge is -2.38. The van der Waals surface area contributed by atoms with Crippen molar-refractivity contribution in [3.8, 4) is 17.4 Å². The van der Waals surface area contributed by atoms with Gasteiger partial charge in [-0.2, -0.15) is 5.26 Å². The van der Waals surface area contributed by atoms with Crippen LogP contribution in [0.5, 0.6) is 0 Å². The third-order valence-corrected chi connectivity index (χ3v) is 6.21. The number of hydrogen-bond acceptors (Lipinski definition) is 4. The van der Waals surface area contributed by atoms with Crippen molar-refractivity contribution < 1.29 is 9.21 Å². The molecule has 0 amide bonds. The summed E-state index contributed by atoms with van der Waals surface area (Å²) in [5.41, 5.74) is 3.46. The Kier molecular flexibility index (Phi) is 4.85. The molecule has 0 bridgehead atoms. The Morgan fingerprint density at radius 2 is 1.93 bits per heavy atom. The summed E-state index contributed by atoms with van der Waals surface area (Å²) in [5, 5.41) is 14.0. The number of rotatable bonds is 2. The first kappa shape index (κ1) is 19.8. The van der Waals surface area contributed by atoms with Gasteiger partial charge < -0.3 is 9.73 Å². The first-order chi connectivity index (χ1) is 13.7. The number of allylic oxidation sites excluding steroid dienone is 4. The standard InChI is InChI=1S/C23H20Cl2N2O2/c1-12-14(11-26)21(22-17(27-12)9-23(2,3)10-18(22)28)20-7-6-19(29-20)13-4-5-15(24)16(25)8-13/h4-8,21,27H,9-10H2,1-3H3/t21-/m0/s1. The van der Waals surface area contributed by atoms with E-state index in [9.17, 15) is 10.1 Å². The molecule has 0 saturated heterocycles. The van der Waals surface area contributed by atoms with Crippen molar-refractivity contribution in [1.82, 2.24) is 5.32 Å². The van der Waals surface area contributed by atoms with Gasteiger partial charge in [-0.05, 0) is 49.1 Å². The minimum absolute atomic E-state index is 0.0569. The van der Waals surface area contributed by atoms with Crippen molar-refractivity contribution in [2.24, 2.45) is 5.41 Å². The molecule has 148 valence electrons. The maximum Gasteiger partial charge on any atom is 0.162 e. The fraction of sp³-hybridized carbons (Fsp3) is 0.304. The molecule has 6 heteroatoms. The van der Waals surface area contributed by atoms with Crippen LogP contribution in [0, 0.1) is 16.7 Å². The van der Waals surface area contributed by atoms with Crippen LogP contribution in [0.1, 0.15) is 45.3 Å². The molecule has 2 heterocycles. The lowest BCUT2D eigenvalue weighted by molar-refractivity contribution is -0.118. The zero-order valence-electron chi connectivity index (χ0n) is 16.4. The van der Waals surface area contributed by atoms with Gasteiger partial charge in [-0.1, -0.05) is 37.0 Å². The minimum atomic E-state index is -0.503. The molecule has 4 rings (SSSR count). The summed E-state index contributed by atoms with van der Waals surface area (Å²) < 4.78 is 6.13. The van der Waals surface area contributed by atoms with Crippen LogP contribution in [0.2, 0.25) is 10.0 Å². The molecule has 1 aromatic carbocycles. The van der Waals surface area contributed by atoms with Gasteiger partial charge in [0.15, 0.2) is 5.78 Å². The molecule has 0 radical (unpaired) electrons. The number of furan rings is 1. The number of halogens is 2. The highest BCUT2D eigenvalue weighted by Gasteiger charge is 2.42. The van der Waals surface area contributed by atoms with Crippen molar-refractivity contribution in [3.63, 3.8) is 0 Å². The van der Waals surface area contributed by atoms with Crippen LogP contribution in [0.3, 0.4) is 0 Å². The number of carbonyl (C=O) groups excluding carboxylic acids is 1. The maximum absolute atomic E-state index is 13.1. The monoisotopic (exact) mass is 426 g/mol. The second-order valence-electron chi connectivity index (χ2n) is 8.37. The molecule has 4 nitrogen and oxygen atoms in total. The van der Waals surface area contributed by atoms with E-state index in [1.807, 2.05) is 25.1 Å². The van der Waals surface area contributed by atoms with Crippen LogP contribution < -0.4 is 5.32 Å². The first-order valence-electron chi connectivity index (χ1n) is 9.39. The quantitative estimate of drug-likeness (QED) is 0.604. The van der Waals surface area contributed by atoms with Crippen LogP contribution >= 0.6 is 23.2 Å². The average molecular weight is 427 g/mol. The minimum Gasteiger partial charge on any atom is -0.460 e. The summed E-state index contributed by atoms with van der Waals surface area (Å²) in [5.74, 6) is 0.736. The fourth-order valence-corrected chi connectivity index (χ4v) is 4.48. The van der Waals surface area contributed by atoms with E-state index in [2.05, 4.69) is 25.2 Å². The second-order valence-corrected chi connectivity index (χ2v) is 9.19. The average Bonchev–Trinajstić information content (AvgIpc) is 3.11. The summed E-state index contributed by atoms with van der Waals surface area (Å²) in [6.45, 7) is 6.03. The summed E-state index contributed by atoms with van der Waals surface area (Å²) in [4.78, 5) is 13.1. The van der Waals surface area contributed by atoms with E-state index in [4.69, 9.17) is 27.6 Å². The highest BCUT2D eigenvalue weighted by molar-refractivity contribution is 6.42. The van der Waals surface area contributed by atoms with E-state index in [1.54, 1.807) is 12.1 Å². The van der Waals surface area contributed by atoms with E-state index < -0.39 is 5.92 Å². The number of nitrogens with zero attached hydrogens (tertiary/aromatic N) is 1. The molecule has 2 aromatic rings. The predicted molar refractivity (Wildman–Crippen MR) is 113 cm³/mol. The SMILES string of the molecule is CC1=C(C#N)[C@@H](c2ccc(-c3ccc(Cl)c(Cl)c3)o2)C2=C(CC(C)(C)CC2=O)N1. The Morgan fingerprint density at radius 3 is 2.62 bits per heavy atom. The lowest BCUT2D eigenvalue weighted by Crippen LogP contribution is -2.36. The fourth-order valence-electron chi connectivity index (χ4n) is 4.18. The van der Waals surface area contributed by atoms with Gasteiger partial charge in [-0.15, -0.1) is 0 Å². The van der Waals surface area contributed by atoms with Crippen molar-refractivity contribution in [3.05, 3.63) is 68.7 Å². The molecule has 1 aromatic heterocycles. The lowest BCUT2D eigenvalue weighted by atomic mass is 9.70. The molecule has 1 atom stereocenters. The van der Waals surface area contributed by atoms with Crippen LogP contribution in [0.4, 0.5) is 0 Å². The van der Waals surface area contributed by atoms with Crippen LogP contribution in [-0.4, -0.2) is 5.78 Å². The van der Waals surface area contributed by atoms with Gasteiger partial charge in [0.2, 0.25) is 0 Å². The highest BCUT2D eigenvalue weighted by atomic mass is 35.5. The molecule has 1 aliphatic carbocycles. The van der Waals surface area contributed by atoms with E-state index in [-0.39, 0.29) is 11.2 Å². The van der Waals surface area contributed by atoms with E-state index in [1.165, 1.54) is 0 Å². The Hall–Kier alpha value is -2.48. The maximum atomic E-state index is 13.1. The van der Waals surface area contributed by atoms with Crippen molar-refractivity contribution in [2.75, 3.05) is 0 Å². The topological polar surface area (TPSA) is 66.0 Å². The molecule has 1 aliphatic heterocycles. The number of hydrogen-bond donors (Lipinski definition) is 1. The van der Waals surface area contributed by atoms with Crippen molar-refractivity contribution >= 4 is 29.0 Å². The normalized spacial score (nSPS) is 21.0. The van der Waals surface area contributed by atoms with Crippen molar-refractivity contribution in [1.29, 1.82) is 5.26 Å². The van der Waals surface area contributed by atoms with E-state index in [0.717, 1.165) is 23.4 Å². The number of ketones is 1. The zero-order chi connectivity index (χ0) is 20.9. The van der Waals surface area contributed by atoms with Gasteiger partial charge in [-0.25, -0.2) is 0 Å². The molecule has 2 aliphatic rings. The van der Waals surface area contributed by atoms with Crippen LogP contribution in [-0.2, 0) is 4.79 Å². The van der Waals surface area contributed by atoms with Gasteiger partial charge in [0, 0.05) is 29.0 Å². The molecule has 1 N–H and O–H groups in total. The van der Waals surface area contributed by atoms with Gasteiger partial charge in [0.05, 0.1) is 27.6 Å². The largest absolute Gasteiger partial charge is 0.460 e. The highest BCUT2D eigenvalue weighted by Crippen LogP contribution is 2.47. The molecule has 0 fully saturated rings. The predicted octanol–water partition coefficient (Wildman–Crippen LogP) is 6.38. The smallest absolute Gasteiger partial charge is 0.162 e. The Balaban J connectivity index is 1.81. The second kappa shape index (κ2) is 7.09. The number of nitrogens with one attached hydrogen (secondary N) is 1. The van der Waals surface area contributed by atoms with Crippen LogP contribution in [0.25, 0.3) is 11.3 Å². The molecule has 0 saturated carbocycles. The number of benzene rings is 1. The van der Waals surface area contributed by atoms with Crippen LogP contribution in [0.15, 0.2) is 57.3 Å². The molecule has 0 spiro atoms. The van der Waals surface area contributed by atoms with Gasteiger partial charge >= 0.3 is 0 Å². The Labute approximate surface area is 179 Å². The van der Waals surface area contributed by atoms with Gasteiger partial charge in [-0.3, -0.25) is 4.79 Å². The van der Waals surface area contributed by atoms with Gasteiger partial charge in [0.25, 0.3) is 0 Å². The molecular formula is C23H20Cl2N2O2. The summed E-state index contributed by atoms with van der Waals surface area (Å²) >= 11 is 12.1. The van der Waals surface area contributed by atoms with Crippen molar-refractivity contribution in [2.45, 2.75) is 39.5 Å². The molecule has 29 heavy (non-hydrogen) atoms. The summed E-state index contributed by atoms with van der Waals surface area (Å²) in [7, 11) is 0. The third kappa shape index (κ3) is 3.50. The van der Waals surface area contributed by atoms with E-state index >= 15 is 0 Å². The molecule has 0 unspecified atom stereocenters. The Morgan fingerprint density at radius 1 is 1.17 bits per heavy atom. The number of Topliss-reactive ketones (excluding diaryl/α,β-unsaturated/α-hetero) is 1. The van der Waals surface area contributed by atoms with E-state index in [0.29, 0.717) is 39.1 Å². The Bertz CT molecular complexity index is 1130. The summed E-state index contributed by atoms with van der Waals surface area (Å²) in [6.07, 6.45) is 1.20. The van der Waals surface area contributed by atoms with Gasteiger partial charge in [0.1, 0.15) is 11.5 Å². The third-order valence-electron chi connectivity index (χ3n) is 5.48.